The fourth-order valence-electron chi connectivity index (χ4n) is 0.664. The van der Waals surface area contributed by atoms with Crippen molar-refractivity contribution < 1.29 is 14.4 Å². The first-order chi connectivity index (χ1) is 5.70. The standard InChI is InChI=1S/C7H17NO3S/c1-2-12(11)4-3-8-5-7(10)6-9/h7-10H,2-6H2,1H3/t7-,12?/m0/s1. The number of nitrogens with one attached hydrogen (secondary N) is 1. The predicted molar refractivity (Wildman–Crippen MR) is 49.5 cm³/mol. The van der Waals surface area contributed by atoms with Crippen LogP contribution in [-0.4, -0.2) is 51.7 Å². The Morgan fingerprint density at radius 2 is 2.25 bits per heavy atom. The van der Waals surface area contributed by atoms with Gasteiger partial charge in [0, 0.05) is 35.4 Å². The molecule has 0 aliphatic carbocycles. The molecule has 3 N–H and O–H groups in total. The highest BCUT2D eigenvalue weighted by Crippen LogP contribution is 1.80. The molecule has 0 aromatic heterocycles. The SMILES string of the molecule is CCS(=O)CCNC[C@H](O)CO. The molecule has 12 heavy (non-hydrogen) atoms. The van der Waals surface area contributed by atoms with Crippen molar-refractivity contribution in [2.45, 2.75) is 13.0 Å². The van der Waals surface area contributed by atoms with Crippen LogP contribution in [0.3, 0.4) is 0 Å². The van der Waals surface area contributed by atoms with Gasteiger partial charge in [-0.2, -0.15) is 0 Å². The van der Waals surface area contributed by atoms with Gasteiger partial charge in [-0.05, 0) is 0 Å². The van der Waals surface area contributed by atoms with E-state index < -0.39 is 16.9 Å². The van der Waals surface area contributed by atoms with Gasteiger partial charge in [0.2, 0.25) is 0 Å². The molecule has 5 heteroatoms. The van der Waals surface area contributed by atoms with Crippen molar-refractivity contribution in [3.05, 3.63) is 0 Å². The van der Waals surface area contributed by atoms with Gasteiger partial charge in [-0.15, -0.1) is 0 Å². The molecule has 0 aliphatic rings. The van der Waals surface area contributed by atoms with E-state index in [-0.39, 0.29) is 6.61 Å². The Kier molecular flexibility index (Phi) is 7.69. The molecule has 74 valence electrons. The van der Waals surface area contributed by atoms with E-state index >= 15 is 0 Å². The summed E-state index contributed by atoms with van der Waals surface area (Å²) in [6.07, 6.45) is -0.708. The fourth-order valence-corrected chi connectivity index (χ4v) is 1.32. The Morgan fingerprint density at radius 3 is 2.75 bits per heavy atom. The van der Waals surface area contributed by atoms with Crippen molar-refractivity contribution in [3.8, 4) is 0 Å². The minimum absolute atomic E-state index is 0.232. The van der Waals surface area contributed by atoms with Gasteiger partial charge in [0.05, 0.1) is 12.7 Å². The number of aliphatic hydroxyl groups excluding tert-OH is 2. The summed E-state index contributed by atoms with van der Waals surface area (Å²) >= 11 is 0. The molecule has 0 heterocycles. The predicted octanol–water partition coefficient (Wildman–Crippen LogP) is -1.30. The Morgan fingerprint density at radius 1 is 1.58 bits per heavy atom. The summed E-state index contributed by atoms with van der Waals surface area (Å²) in [5.74, 6) is 1.28. The van der Waals surface area contributed by atoms with Gasteiger partial charge in [-0.3, -0.25) is 4.21 Å². The highest BCUT2D eigenvalue weighted by molar-refractivity contribution is 7.84. The summed E-state index contributed by atoms with van der Waals surface area (Å²) in [4.78, 5) is 0. The van der Waals surface area contributed by atoms with Crippen molar-refractivity contribution in [2.24, 2.45) is 0 Å². The third-order valence-electron chi connectivity index (χ3n) is 1.42. The molecule has 0 aromatic carbocycles. The Labute approximate surface area is 75.4 Å². The van der Waals surface area contributed by atoms with Crippen LogP contribution in [0.4, 0.5) is 0 Å². The first kappa shape index (κ1) is 12.0. The molecule has 0 aromatic rings. The van der Waals surface area contributed by atoms with Crippen molar-refractivity contribution in [2.75, 3.05) is 31.2 Å². The first-order valence-electron chi connectivity index (χ1n) is 4.05. The summed E-state index contributed by atoms with van der Waals surface area (Å²) in [5.41, 5.74) is 0. The van der Waals surface area contributed by atoms with E-state index in [2.05, 4.69) is 5.32 Å². The van der Waals surface area contributed by atoms with Gasteiger partial charge < -0.3 is 15.5 Å². The molecule has 0 saturated carbocycles. The second-order valence-electron chi connectivity index (χ2n) is 2.47. The van der Waals surface area contributed by atoms with Crippen LogP contribution < -0.4 is 5.32 Å². The third-order valence-corrected chi connectivity index (χ3v) is 2.72. The topological polar surface area (TPSA) is 69.6 Å². The zero-order valence-electron chi connectivity index (χ0n) is 7.32. The number of hydrogen-bond acceptors (Lipinski definition) is 4. The van der Waals surface area contributed by atoms with E-state index in [0.29, 0.717) is 24.6 Å². The largest absolute Gasteiger partial charge is 0.394 e. The van der Waals surface area contributed by atoms with Crippen LogP contribution >= 0.6 is 0 Å². The van der Waals surface area contributed by atoms with Crippen LogP contribution in [0.5, 0.6) is 0 Å². The lowest BCUT2D eigenvalue weighted by atomic mass is 10.4. The fraction of sp³-hybridized carbons (Fsp3) is 1.00. The summed E-state index contributed by atoms with van der Waals surface area (Å²) in [6, 6.07) is 0. The van der Waals surface area contributed by atoms with Gasteiger partial charge in [-0.1, -0.05) is 6.92 Å². The Balaban J connectivity index is 3.15. The molecule has 2 atom stereocenters. The first-order valence-corrected chi connectivity index (χ1v) is 5.54. The lowest BCUT2D eigenvalue weighted by molar-refractivity contribution is 0.0950. The molecule has 0 fully saturated rings. The number of hydrogen-bond donors (Lipinski definition) is 3. The van der Waals surface area contributed by atoms with Gasteiger partial charge in [0.25, 0.3) is 0 Å². The highest BCUT2D eigenvalue weighted by Gasteiger charge is 2.00. The second-order valence-corrected chi connectivity index (χ2v) is 4.34. The summed E-state index contributed by atoms with van der Waals surface area (Å²) in [5, 5.41) is 20.2. The lowest BCUT2D eigenvalue weighted by Crippen LogP contribution is -2.31. The van der Waals surface area contributed by atoms with E-state index in [9.17, 15) is 4.21 Å². The van der Waals surface area contributed by atoms with Crippen molar-refractivity contribution >= 4 is 10.8 Å². The van der Waals surface area contributed by atoms with Crippen LogP contribution in [-0.2, 0) is 10.8 Å². The maximum atomic E-state index is 10.9. The average Bonchev–Trinajstić information content (AvgIpc) is 2.11. The molecule has 4 nitrogen and oxygen atoms in total. The highest BCUT2D eigenvalue weighted by atomic mass is 32.2. The van der Waals surface area contributed by atoms with Gasteiger partial charge in [0.15, 0.2) is 0 Å². The van der Waals surface area contributed by atoms with E-state index in [1.54, 1.807) is 0 Å². The molecule has 0 saturated heterocycles. The minimum Gasteiger partial charge on any atom is -0.394 e. The van der Waals surface area contributed by atoms with Crippen LogP contribution in [0.15, 0.2) is 0 Å². The molecule has 0 bridgehead atoms. The van der Waals surface area contributed by atoms with Crippen molar-refractivity contribution in [3.63, 3.8) is 0 Å². The van der Waals surface area contributed by atoms with E-state index in [1.165, 1.54) is 0 Å². The zero-order valence-corrected chi connectivity index (χ0v) is 8.14. The second kappa shape index (κ2) is 7.67. The molecule has 0 aliphatic heterocycles. The maximum absolute atomic E-state index is 10.9. The smallest absolute Gasteiger partial charge is 0.0894 e. The Hall–Kier alpha value is 0.0300. The van der Waals surface area contributed by atoms with E-state index in [1.807, 2.05) is 6.92 Å². The Bertz CT molecular complexity index is 132. The molecule has 1 unspecified atom stereocenters. The van der Waals surface area contributed by atoms with Gasteiger partial charge >= 0.3 is 0 Å². The molecular formula is C7H17NO3S. The minimum atomic E-state index is -0.750. The monoisotopic (exact) mass is 195 g/mol. The average molecular weight is 195 g/mol. The molecule has 0 radical (unpaired) electrons. The lowest BCUT2D eigenvalue weighted by Gasteiger charge is -2.07. The van der Waals surface area contributed by atoms with Gasteiger partial charge in [-0.25, -0.2) is 0 Å². The summed E-state index contributed by atoms with van der Waals surface area (Å²) in [7, 11) is -0.750. The number of rotatable bonds is 7. The summed E-state index contributed by atoms with van der Waals surface area (Å²) < 4.78 is 10.9. The van der Waals surface area contributed by atoms with Crippen molar-refractivity contribution in [1.82, 2.24) is 5.32 Å². The molecule has 0 rings (SSSR count). The van der Waals surface area contributed by atoms with Crippen molar-refractivity contribution in [1.29, 1.82) is 0 Å². The molecule has 0 amide bonds. The maximum Gasteiger partial charge on any atom is 0.0894 e. The quantitative estimate of drug-likeness (QED) is 0.442. The third kappa shape index (κ3) is 6.72. The van der Waals surface area contributed by atoms with Crippen LogP contribution in [0.1, 0.15) is 6.92 Å². The van der Waals surface area contributed by atoms with Crippen LogP contribution in [0, 0.1) is 0 Å². The zero-order chi connectivity index (χ0) is 9.40. The van der Waals surface area contributed by atoms with E-state index in [0.717, 1.165) is 0 Å². The molecule has 0 spiro atoms. The van der Waals surface area contributed by atoms with Gasteiger partial charge in [0.1, 0.15) is 0 Å². The van der Waals surface area contributed by atoms with Crippen LogP contribution in [0.2, 0.25) is 0 Å². The number of aliphatic hydroxyl groups is 2. The van der Waals surface area contributed by atoms with Crippen LogP contribution in [0.25, 0.3) is 0 Å². The van der Waals surface area contributed by atoms with E-state index in [4.69, 9.17) is 10.2 Å². The normalized spacial score (nSPS) is 15.9. The summed E-state index contributed by atoms with van der Waals surface area (Å²) in [6.45, 7) is 2.62. The molecular weight excluding hydrogens is 178 g/mol.